The molecule has 0 N–H and O–H groups in total. The van der Waals surface area contributed by atoms with Gasteiger partial charge in [0, 0.05) is 16.5 Å². The molecule has 1 aromatic rings. The fraction of sp³-hybridized carbons (Fsp3) is 0.737. The first-order valence-electron chi connectivity index (χ1n) is 17.1. The Hall–Kier alpha value is -1.12. The molecule has 224 valence electrons. The van der Waals surface area contributed by atoms with Crippen LogP contribution in [0.15, 0.2) is 42.0 Å². The Labute approximate surface area is 250 Å². The van der Waals surface area contributed by atoms with Crippen molar-refractivity contribution in [3.05, 3.63) is 53.1 Å². The number of nitrogens with zero attached hydrogens (tertiary/aromatic N) is 1. The largest absolute Gasteiger partial charge is 0.314 e. The molecular formula is C38H63NSi. The number of rotatable bonds is 12. The Kier molecular flexibility index (Phi) is 9.73. The highest BCUT2D eigenvalue weighted by Gasteiger charge is 2.55. The van der Waals surface area contributed by atoms with Crippen LogP contribution in [-0.4, -0.2) is 23.9 Å². The number of allylic oxidation sites excluding steroid dienone is 4. The lowest BCUT2D eigenvalue weighted by Crippen LogP contribution is -2.67. The molecule has 40 heavy (non-hydrogen) atoms. The van der Waals surface area contributed by atoms with Gasteiger partial charge in [0.25, 0.3) is 0 Å². The van der Waals surface area contributed by atoms with Crippen molar-refractivity contribution in [2.45, 2.75) is 168 Å². The smallest absolute Gasteiger partial charge is 0.126 e. The highest BCUT2D eigenvalue weighted by Crippen LogP contribution is 2.62. The van der Waals surface area contributed by atoms with Crippen LogP contribution in [0.1, 0.15) is 144 Å². The molecule has 4 rings (SSSR count). The second kappa shape index (κ2) is 12.2. The second-order valence-electron chi connectivity index (χ2n) is 16.2. The summed E-state index contributed by atoms with van der Waals surface area (Å²) in [7, 11) is -1.75. The van der Waals surface area contributed by atoms with E-state index >= 15 is 0 Å². The highest BCUT2D eigenvalue weighted by molar-refractivity contribution is 6.76. The highest BCUT2D eigenvalue weighted by atomic mass is 28.3. The molecule has 0 bridgehead atoms. The lowest BCUT2D eigenvalue weighted by atomic mass is 9.68. The SMILES string of the molecule is CCCCCCC1(CCCCCC)C2=CC3CCC([Si](C)(C)N(C(C)(C)C)C(C)(C)C)C3C=C2c2ccccc21. The zero-order valence-corrected chi connectivity index (χ0v) is 29.1. The first-order valence-corrected chi connectivity index (χ1v) is 20.2. The van der Waals surface area contributed by atoms with E-state index < -0.39 is 8.24 Å². The zero-order chi connectivity index (χ0) is 29.3. The van der Waals surface area contributed by atoms with Gasteiger partial charge < -0.3 is 4.57 Å². The molecule has 1 nitrogen and oxygen atoms in total. The molecule has 2 heteroatoms. The minimum absolute atomic E-state index is 0.182. The molecule has 0 saturated heterocycles. The van der Waals surface area contributed by atoms with E-state index in [1.807, 2.05) is 0 Å². The van der Waals surface area contributed by atoms with Crippen LogP contribution < -0.4 is 0 Å². The topological polar surface area (TPSA) is 3.24 Å². The number of hydrogen-bond donors (Lipinski definition) is 0. The summed E-state index contributed by atoms with van der Waals surface area (Å²) in [6, 6.07) is 9.62. The molecule has 0 aromatic heterocycles. The van der Waals surface area contributed by atoms with Gasteiger partial charge in [-0.2, -0.15) is 0 Å². The van der Waals surface area contributed by atoms with Crippen LogP contribution in [0.3, 0.4) is 0 Å². The molecular weight excluding hydrogens is 499 g/mol. The normalized spacial score (nSPS) is 24.0. The lowest BCUT2D eigenvalue weighted by Gasteiger charge is -2.57. The van der Waals surface area contributed by atoms with E-state index in [1.54, 1.807) is 22.3 Å². The summed E-state index contributed by atoms with van der Waals surface area (Å²) in [5.74, 6) is 1.41. The molecule has 3 atom stereocenters. The van der Waals surface area contributed by atoms with Gasteiger partial charge >= 0.3 is 0 Å². The Morgan fingerprint density at radius 3 is 1.90 bits per heavy atom. The zero-order valence-electron chi connectivity index (χ0n) is 28.1. The van der Waals surface area contributed by atoms with E-state index in [1.165, 1.54) is 77.0 Å². The molecule has 1 fully saturated rings. The molecule has 0 heterocycles. The van der Waals surface area contributed by atoms with Gasteiger partial charge in [-0.05, 0) is 100 Å². The summed E-state index contributed by atoms with van der Waals surface area (Å²) in [5, 5.41) is 0. The van der Waals surface area contributed by atoms with Crippen LogP contribution in [0.4, 0.5) is 0 Å². The predicted octanol–water partition coefficient (Wildman–Crippen LogP) is 11.7. The average Bonchev–Trinajstić information content (AvgIpc) is 3.39. The Morgan fingerprint density at radius 1 is 0.775 bits per heavy atom. The summed E-state index contributed by atoms with van der Waals surface area (Å²) >= 11 is 0. The molecule has 3 aliphatic rings. The summed E-state index contributed by atoms with van der Waals surface area (Å²) in [5.41, 5.74) is 8.03. The van der Waals surface area contributed by atoms with Crippen molar-refractivity contribution in [1.82, 2.24) is 4.57 Å². The van der Waals surface area contributed by atoms with Gasteiger partial charge in [-0.1, -0.05) is 121 Å². The molecule has 3 unspecified atom stereocenters. The summed E-state index contributed by atoms with van der Waals surface area (Å²) in [4.78, 5) is 0. The maximum atomic E-state index is 2.98. The molecule has 1 saturated carbocycles. The van der Waals surface area contributed by atoms with Crippen molar-refractivity contribution in [3.63, 3.8) is 0 Å². The van der Waals surface area contributed by atoms with Crippen molar-refractivity contribution in [3.8, 4) is 0 Å². The van der Waals surface area contributed by atoms with E-state index in [0.29, 0.717) is 5.92 Å². The van der Waals surface area contributed by atoms with Gasteiger partial charge in [0.1, 0.15) is 8.24 Å². The molecule has 1 aromatic carbocycles. The van der Waals surface area contributed by atoms with Gasteiger partial charge in [0.2, 0.25) is 0 Å². The molecule has 0 amide bonds. The van der Waals surface area contributed by atoms with Gasteiger partial charge in [0.05, 0.1) is 0 Å². The Morgan fingerprint density at radius 2 is 1.35 bits per heavy atom. The fourth-order valence-corrected chi connectivity index (χ4v) is 16.1. The van der Waals surface area contributed by atoms with Gasteiger partial charge in [0.15, 0.2) is 0 Å². The van der Waals surface area contributed by atoms with Crippen molar-refractivity contribution in [2.75, 3.05) is 0 Å². The number of unbranched alkanes of at least 4 members (excludes halogenated alkanes) is 6. The summed E-state index contributed by atoms with van der Waals surface area (Å²) in [6.07, 6.45) is 22.0. The third-order valence-corrected chi connectivity index (χ3v) is 15.8. The van der Waals surface area contributed by atoms with Crippen LogP contribution in [0.25, 0.3) is 5.57 Å². The Bertz CT molecular complexity index is 1040. The quantitative estimate of drug-likeness (QED) is 0.181. The first kappa shape index (κ1) is 31.8. The van der Waals surface area contributed by atoms with E-state index in [9.17, 15) is 0 Å². The van der Waals surface area contributed by atoms with Crippen molar-refractivity contribution in [1.29, 1.82) is 0 Å². The van der Waals surface area contributed by atoms with Crippen LogP contribution in [0.2, 0.25) is 18.6 Å². The first-order chi connectivity index (χ1) is 18.8. The number of benzene rings is 1. The standard InChI is InChI=1S/C38H63NSi/c1-11-13-15-19-25-38(26-20-16-14-12-2)33-22-18-17-21-30(33)32-28-31-29(27-34(32)38)23-24-35(31)40(9,10)39(36(3,4)5)37(6,7)8/h17-18,21-22,27-29,31,35H,11-16,19-20,23-26H2,1-10H3. The van der Waals surface area contributed by atoms with Crippen LogP contribution >= 0.6 is 0 Å². The minimum atomic E-state index is -1.75. The van der Waals surface area contributed by atoms with E-state index in [-0.39, 0.29) is 16.5 Å². The van der Waals surface area contributed by atoms with Crippen molar-refractivity contribution in [2.24, 2.45) is 11.8 Å². The van der Waals surface area contributed by atoms with Crippen molar-refractivity contribution < 1.29 is 0 Å². The van der Waals surface area contributed by atoms with E-state index in [4.69, 9.17) is 0 Å². The molecule has 0 aliphatic heterocycles. The average molecular weight is 562 g/mol. The lowest BCUT2D eigenvalue weighted by molar-refractivity contribution is 0.122. The number of hydrogen-bond acceptors (Lipinski definition) is 1. The molecule has 0 spiro atoms. The summed E-state index contributed by atoms with van der Waals surface area (Å²) in [6.45, 7) is 24.8. The monoisotopic (exact) mass is 561 g/mol. The van der Waals surface area contributed by atoms with Crippen molar-refractivity contribution >= 4 is 13.8 Å². The maximum absolute atomic E-state index is 2.98. The number of fused-ring (bicyclic) bond motifs is 4. The third kappa shape index (κ3) is 6.01. The Balaban J connectivity index is 1.75. The predicted molar refractivity (Wildman–Crippen MR) is 180 cm³/mol. The van der Waals surface area contributed by atoms with Gasteiger partial charge in [-0.15, -0.1) is 0 Å². The minimum Gasteiger partial charge on any atom is -0.314 e. The third-order valence-electron chi connectivity index (χ3n) is 10.8. The van der Waals surface area contributed by atoms with Crippen LogP contribution in [-0.2, 0) is 5.41 Å². The fourth-order valence-electron chi connectivity index (χ4n) is 10.1. The van der Waals surface area contributed by atoms with E-state index in [0.717, 1.165) is 11.5 Å². The second-order valence-corrected chi connectivity index (χ2v) is 20.7. The summed E-state index contributed by atoms with van der Waals surface area (Å²) < 4.78 is 2.98. The van der Waals surface area contributed by atoms with Gasteiger partial charge in [-0.25, -0.2) is 0 Å². The maximum Gasteiger partial charge on any atom is 0.126 e. The van der Waals surface area contributed by atoms with E-state index in [2.05, 4.69) is 109 Å². The van der Waals surface area contributed by atoms with Gasteiger partial charge in [-0.3, -0.25) is 0 Å². The molecule has 0 radical (unpaired) electrons. The molecule has 3 aliphatic carbocycles. The van der Waals surface area contributed by atoms with Crippen LogP contribution in [0.5, 0.6) is 0 Å². The van der Waals surface area contributed by atoms with Crippen LogP contribution in [0, 0.1) is 11.8 Å².